The first-order valence-electron chi connectivity index (χ1n) is 6.22. The van der Waals surface area contributed by atoms with Crippen molar-refractivity contribution < 1.29 is 5.11 Å². The minimum absolute atomic E-state index is 0.507. The second-order valence-electron chi connectivity index (χ2n) is 4.75. The number of rotatable bonds is 3. The van der Waals surface area contributed by atoms with Gasteiger partial charge < -0.3 is 10.4 Å². The fourth-order valence-electron chi connectivity index (χ4n) is 2.69. The highest BCUT2D eigenvalue weighted by Gasteiger charge is 2.38. The molecule has 5 heteroatoms. The van der Waals surface area contributed by atoms with Gasteiger partial charge >= 0.3 is 0 Å². The average Bonchev–Trinajstić information content (AvgIpc) is 2.72. The Morgan fingerprint density at radius 2 is 2.24 bits per heavy atom. The third kappa shape index (κ3) is 2.34. The smallest absolute Gasteiger partial charge is 0.108 e. The molecule has 1 aromatic rings. The third-order valence-electron chi connectivity index (χ3n) is 3.76. The van der Waals surface area contributed by atoms with Crippen molar-refractivity contribution in [3.05, 3.63) is 16.9 Å². The highest BCUT2D eigenvalue weighted by molar-refractivity contribution is 6.31. The molecule has 0 aromatic carbocycles. The van der Waals surface area contributed by atoms with Crippen LogP contribution in [-0.2, 0) is 12.1 Å². The van der Waals surface area contributed by atoms with Crippen LogP contribution in [0.15, 0.2) is 6.20 Å². The second kappa shape index (κ2) is 4.96. The van der Waals surface area contributed by atoms with Crippen molar-refractivity contribution in [2.24, 2.45) is 0 Å². The van der Waals surface area contributed by atoms with Crippen LogP contribution in [0.1, 0.15) is 38.3 Å². The molecule has 2 N–H and O–H groups in total. The standard InChI is InChI=1S/C12H20ClN3O/c1-3-16-11(10(13)8-15-16)12(17)6-4-9(14-2)5-7-12/h8-9,14,17H,3-7H2,1-2H3. The van der Waals surface area contributed by atoms with Crippen LogP contribution in [0.3, 0.4) is 0 Å². The van der Waals surface area contributed by atoms with Crippen molar-refractivity contribution in [1.29, 1.82) is 0 Å². The predicted molar refractivity (Wildman–Crippen MR) is 68.1 cm³/mol. The summed E-state index contributed by atoms with van der Waals surface area (Å²) in [4.78, 5) is 0. The van der Waals surface area contributed by atoms with E-state index in [0.717, 1.165) is 37.9 Å². The highest BCUT2D eigenvalue weighted by atomic mass is 35.5. The average molecular weight is 258 g/mol. The van der Waals surface area contributed by atoms with E-state index in [0.29, 0.717) is 11.1 Å². The molecule has 0 radical (unpaired) electrons. The molecule has 17 heavy (non-hydrogen) atoms. The lowest BCUT2D eigenvalue weighted by atomic mass is 9.80. The molecule has 0 saturated heterocycles. The first kappa shape index (κ1) is 12.9. The summed E-state index contributed by atoms with van der Waals surface area (Å²) in [6, 6.07) is 0.507. The Bertz CT molecular complexity index is 383. The van der Waals surface area contributed by atoms with Gasteiger partial charge in [0.2, 0.25) is 0 Å². The topological polar surface area (TPSA) is 50.1 Å². The molecule has 0 unspecified atom stereocenters. The second-order valence-corrected chi connectivity index (χ2v) is 5.16. The summed E-state index contributed by atoms with van der Waals surface area (Å²) in [6.45, 7) is 2.75. The quantitative estimate of drug-likeness (QED) is 0.870. The molecule has 0 bridgehead atoms. The maximum Gasteiger partial charge on any atom is 0.108 e. The lowest BCUT2D eigenvalue weighted by Gasteiger charge is -2.36. The van der Waals surface area contributed by atoms with Gasteiger partial charge in [-0.25, -0.2) is 0 Å². The molecule has 0 atom stereocenters. The molecule has 1 fully saturated rings. The molecule has 2 rings (SSSR count). The highest BCUT2D eigenvalue weighted by Crippen LogP contribution is 2.40. The summed E-state index contributed by atoms with van der Waals surface area (Å²) >= 11 is 6.16. The Morgan fingerprint density at radius 3 is 2.76 bits per heavy atom. The molecule has 4 nitrogen and oxygen atoms in total. The number of halogens is 1. The molecule has 1 aliphatic rings. The van der Waals surface area contributed by atoms with Gasteiger partial charge in [0, 0.05) is 12.6 Å². The number of hydrogen-bond acceptors (Lipinski definition) is 3. The van der Waals surface area contributed by atoms with E-state index < -0.39 is 5.60 Å². The Labute approximate surface area is 107 Å². The number of aliphatic hydroxyl groups is 1. The minimum atomic E-state index is -0.809. The van der Waals surface area contributed by atoms with E-state index in [4.69, 9.17) is 11.6 Å². The van der Waals surface area contributed by atoms with Crippen LogP contribution in [0.4, 0.5) is 0 Å². The number of aromatic nitrogens is 2. The zero-order chi connectivity index (χ0) is 12.5. The molecular formula is C12H20ClN3O. The van der Waals surface area contributed by atoms with Crippen molar-refractivity contribution in [2.75, 3.05) is 7.05 Å². The lowest BCUT2D eigenvalue weighted by Crippen LogP contribution is -2.39. The first-order valence-corrected chi connectivity index (χ1v) is 6.60. The van der Waals surface area contributed by atoms with Gasteiger partial charge in [-0.05, 0) is 39.7 Å². The number of nitrogens with zero attached hydrogens (tertiary/aromatic N) is 2. The number of aryl methyl sites for hydroxylation is 1. The van der Waals surface area contributed by atoms with Gasteiger partial charge in [-0.3, -0.25) is 4.68 Å². The summed E-state index contributed by atoms with van der Waals surface area (Å²) in [7, 11) is 1.97. The third-order valence-corrected chi connectivity index (χ3v) is 4.03. The lowest BCUT2D eigenvalue weighted by molar-refractivity contribution is -0.0152. The van der Waals surface area contributed by atoms with Gasteiger partial charge in [0.05, 0.1) is 16.9 Å². The van der Waals surface area contributed by atoms with E-state index >= 15 is 0 Å². The van der Waals surface area contributed by atoms with Crippen molar-refractivity contribution in [2.45, 2.75) is 50.8 Å². The van der Waals surface area contributed by atoms with Crippen molar-refractivity contribution in [3.63, 3.8) is 0 Å². The van der Waals surface area contributed by atoms with Gasteiger partial charge in [-0.2, -0.15) is 5.10 Å². The molecule has 96 valence electrons. The van der Waals surface area contributed by atoms with Crippen LogP contribution >= 0.6 is 11.6 Å². The van der Waals surface area contributed by atoms with E-state index in [2.05, 4.69) is 10.4 Å². The van der Waals surface area contributed by atoms with Crippen molar-refractivity contribution >= 4 is 11.6 Å². The summed E-state index contributed by atoms with van der Waals surface area (Å²) in [6.07, 6.45) is 5.05. The van der Waals surface area contributed by atoms with Crippen LogP contribution < -0.4 is 5.32 Å². The first-order chi connectivity index (χ1) is 8.10. The molecule has 0 spiro atoms. The van der Waals surface area contributed by atoms with Gasteiger partial charge in [-0.15, -0.1) is 0 Å². The fraction of sp³-hybridized carbons (Fsp3) is 0.750. The fourth-order valence-corrected chi connectivity index (χ4v) is 3.00. The maximum atomic E-state index is 10.8. The Morgan fingerprint density at radius 1 is 1.59 bits per heavy atom. The van der Waals surface area contributed by atoms with Crippen molar-refractivity contribution in [3.8, 4) is 0 Å². The number of hydrogen-bond donors (Lipinski definition) is 2. The summed E-state index contributed by atoms with van der Waals surface area (Å²) in [5, 5.41) is 18.8. The van der Waals surface area contributed by atoms with Gasteiger partial charge in [0.15, 0.2) is 0 Å². The van der Waals surface area contributed by atoms with Crippen LogP contribution in [0, 0.1) is 0 Å². The van der Waals surface area contributed by atoms with E-state index in [9.17, 15) is 5.11 Å². The van der Waals surface area contributed by atoms with Crippen LogP contribution in [0.5, 0.6) is 0 Å². The molecule has 0 aliphatic heterocycles. The van der Waals surface area contributed by atoms with Gasteiger partial charge in [0.1, 0.15) is 5.60 Å². The van der Waals surface area contributed by atoms with Gasteiger partial charge in [-0.1, -0.05) is 11.6 Å². The largest absolute Gasteiger partial charge is 0.384 e. The molecule has 1 aromatic heterocycles. The van der Waals surface area contributed by atoms with Gasteiger partial charge in [0.25, 0.3) is 0 Å². The van der Waals surface area contributed by atoms with Crippen LogP contribution in [-0.4, -0.2) is 28.0 Å². The van der Waals surface area contributed by atoms with Crippen LogP contribution in [0.2, 0.25) is 5.02 Å². The van der Waals surface area contributed by atoms with E-state index in [1.54, 1.807) is 6.20 Å². The van der Waals surface area contributed by atoms with Crippen molar-refractivity contribution in [1.82, 2.24) is 15.1 Å². The van der Waals surface area contributed by atoms with E-state index in [1.165, 1.54) is 0 Å². The zero-order valence-electron chi connectivity index (χ0n) is 10.4. The normalized spacial score (nSPS) is 29.5. The SMILES string of the molecule is CCn1ncc(Cl)c1C1(O)CCC(NC)CC1. The molecule has 1 saturated carbocycles. The molecule has 1 aliphatic carbocycles. The zero-order valence-corrected chi connectivity index (χ0v) is 11.2. The Balaban J connectivity index is 2.24. The summed E-state index contributed by atoms with van der Waals surface area (Å²) < 4.78 is 1.81. The Hall–Kier alpha value is -0.580. The Kier molecular flexibility index (Phi) is 3.76. The molecule has 0 amide bonds. The maximum absolute atomic E-state index is 10.8. The van der Waals surface area contributed by atoms with E-state index in [-0.39, 0.29) is 0 Å². The summed E-state index contributed by atoms with van der Waals surface area (Å²) in [5.41, 5.74) is -0.0204. The molecule has 1 heterocycles. The monoisotopic (exact) mass is 257 g/mol. The van der Waals surface area contributed by atoms with Crippen LogP contribution in [0.25, 0.3) is 0 Å². The minimum Gasteiger partial charge on any atom is -0.384 e. The summed E-state index contributed by atoms with van der Waals surface area (Å²) in [5.74, 6) is 0. The molecular weight excluding hydrogens is 238 g/mol. The predicted octanol–water partition coefficient (Wildman–Crippen LogP) is 1.91. The van der Waals surface area contributed by atoms with E-state index in [1.807, 2.05) is 18.7 Å². The number of nitrogens with one attached hydrogen (secondary N) is 1.